The van der Waals surface area contributed by atoms with Gasteiger partial charge in [-0.1, -0.05) is 36.4 Å². The quantitative estimate of drug-likeness (QED) is 0.567. The van der Waals surface area contributed by atoms with E-state index in [1.165, 1.54) is 0 Å². The van der Waals surface area contributed by atoms with Crippen molar-refractivity contribution in [1.29, 1.82) is 0 Å². The van der Waals surface area contributed by atoms with Gasteiger partial charge in [0.1, 0.15) is 0 Å². The third kappa shape index (κ3) is 5.26. The number of likely N-dealkylation sites (N-methyl/N-ethyl adjacent to an activating group) is 1. The van der Waals surface area contributed by atoms with Crippen molar-refractivity contribution in [1.82, 2.24) is 20.4 Å². The van der Waals surface area contributed by atoms with Gasteiger partial charge in [-0.05, 0) is 51.0 Å². The van der Waals surface area contributed by atoms with E-state index in [1.54, 1.807) is 18.3 Å². The van der Waals surface area contributed by atoms with E-state index in [-0.39, 0.29) is 11.9 Å². The Bertz CT molecular complexity index is 790. The number of benzene rings is 1. The lowest BCUT2D eigenvalue weighted by Crippen LogP contribution is -2.35. The number of allylic oxidation sites excluding steroid dienone is 3. The highest BCUT2D eigenvalue weighted by Crippen LogP contribution is 2.17. The van der Waals surface area contributed by atoms with E-state index in [2.05, 4.69) is 27.2 Å². The Morgan fingerprint density at radius 1 is 1.38 bits per heavy atom. The van der Waals surface area contributed by atoms with Crippen molar-refractivity contribution in [2.45, 2.75) is 13.0 Å². The largest absolute Gasteiger partial charge is 0.343 e. The minimum Gasteiger partial charge on any atom is -0.343 e. The summed E-state index contributed by atoms with van der Waals surface area (Å²) in [5.74, 6) is -0.218. The lowest BCUT2D eigenvalue weighted by molar-refractivity contribution is 0.0925. The van der Waals surface area contributed by atoms with Gasteiger partial charge in [0.15, 0.2) is 5.69 Å². The number of carbonyl (C=O) groups is 1. The maximum Gasteiger partial charge on any atom is 0.272 e. The average Bonchev–Trinajstić information content (AvgIpc) is 3.12. The Morgan fingerprint density at radius 2 is 2.12 bits per heavy atom. The van der Waals surface area contributed by atoms with Crippen LogP contribution in [0.3, 0.4) is 0 Å². The molecule has 0 radical (unpaired) electrons. The summed E-state index contributed by atoms with van der Waals surface area (Å²) in [5.41, 5.74) is 3.04. The van der Waals surface area contributed by atoms with Crippen LogP contribution in [0.1, 0.15) is 34.7 Å². The molecular weight excluding hydrogens is 326 g/mol. The Kier molecular flexibility index (Phi) is 7.05. The predicted molar refractivity (Wildman–Crippen MR) is 106 cm³/mol. The molecule has 6 heteroatoms. The molecule has 0 spiro atoms. The zero-order valence-corrected chi connectivity index (χ0v) is 15.4. The van der Waals surface area contributed by atoms with E-state index in [4.69, 9.17) is 0 Å². The summed E-state index contributed by atoms with van der Waals surface area (Å²) < 4.78 is 0. The van der Waals surface area contributed by atoms with E-state index in [1.807, 2.05) is 62.3 Å². The van der Waals surface area contributed by atoms with Crippen molar-refractivity contribution in [3.8, 4) is 0 Å². The van der Waals surface area contributed by atoms with Crippen molar-refractivity contribution in [3.05, 3.63) is 71.7 Å². The SMILES string of the molecule is C=N/C=C\C(=C/C)c1cc(C(=O)NC(CN(C)C)c2ccccc2)n[nH]1. The summed E-state index contributed by atoms with van der Waals surface area (Å²) in [6, 6.07) is 11.5. The second-order valence-corrected chi connectivity index (χ2v) is 6.11. The second kappa shape index (κ2) is 9.48. The highest BCUT2D eigenvalue weighted by Gasteiger charge is 2.18. The first-order valence-electron chi connectivity index (χ1n) is 8.40. The molecule has 2 N–H and O–H groups in total. The van der Waals surface area contributed by atoms with Gasteiger partial charge in [0.25, 0.3) is 5.91 Å². The molecule has 1 amide bonds. The van der Waals surface area contributed by atoms with Crippen LogP contribution >= 0.6 is 0 Å². The summed E-state index contributed by atoms with van der Waals surface area (Å²) in [5, 5.41) is 10.1. The number of aromatic nitrogens is 2. The van der Waals surface area contributed by atoms with Crippen LogP contribution < -0.4 is 5.32 Å². The number of amides is 1. The smallest absolute Gasteiger partial charge is 0.272 e. The zero-order chi connectivity index (χ0) is 18.9. The van der Waals surface area contributed by atoms with Gasteiger partial charge in [0.05, 0.1) is 11.7 Å². The van der Waals surface area contributed by atoms with E-state index in [0.29, 0.717) is 12.2 Å². The van der Waals surface area contributed by atoms with Crippen molar-refractivity contribution in [3.63, 3.8) is 0 Å². The fraction of sp³-hybridized carbons (Fsp3) is 0.250. The minimum absolute atomic E-state index is 0.120. The number of aromatic amines is 1. The number of hydrogen-bond acceptors (Lipinski definition) is 4. The molecule has 1 heterocycles. The Labute approximate surface area is 154 Å². The molecule has 136 valence electrons. The van der Waals surface area contributed by atoms with Gasteiger partial charge in [-0.15, -0.1) is 0 Å². The molecule has 0 saturated carbocycles. The van der Waals surface area contributed by atoms with Crippen molar-refractivity contribution < 1.29 is 4.79 Å². The van der Waals surface area contributed by atoms with Crippen LogP contribution in [0, 0.1) is 0 Å². The zero-order valence-electron chi connectivity index (χ0n) is 15.4. The fourth-order valence-corrected chi connectivity index (χ4v) is 2.58. The molecule has 0 aliphatic rings. The van der Waals surface area contributed by atoms with Gasteiger partial charge in [-0.3, -0.25) is 14.9 Å². The first-order chi connectivity index (χ1) is 12.5. The van der Waals surface area contributed by atoms with Crippen LogP contribution in [0.4, 0.5) is 0 Å². The third-order valence-corrected chi connectivity index (χ3v) is 3.85. The Balaban J connectivity index is 2.17. The average molecular weight is 351 g/mol. The highest BCUT2D eigenvalue weighted by atomic mass is 16.2. The molecular formula is C20H25N5O. The number of aliphatic imine (C=N–C) groups is 1. The predicted octanol–water partition coefficient (Wildman–Crippen LogP) is 3.06. The van der Waals surface area contributed by atoms with Gasteiger partial charge < -0.3 is 10.2 Å². The molecule has 0 bridgehead atoms. The summed E-state index contributed by atoms with van der Waals surface area (Å²) in [7, 11) is 3.96. The van der Waals surface area contributed by atoms with Crippen LogP contribution in [0.5, 0.6) is 0 Å². The molecule has 2 rings (SSSR count). The van der Waals surface area contributed by atoms with Gasteiger partial charge >= 0.3 is 0 Å². The number of H-pyrrole nitrogens is 1. The molecule has 1 aromatic carbocycles. The summed E-state index contributed by atoms with van der Waals surface area (Å²) in [6.45, 7) is 6.03. The molecule has 0 aliphatic carbocycles. The highest BCUT2D eigenvalue weighted by molar-refractivity contribution is 5.93. The minimum atomic E-state index is -0.218. The van der Waals surface area contributed by atoms with Crippen molar-refractivity contribution in [2.75, 3.05) is 20.6 Å². The lowest BCUT2D eigenvalue weighted by atomic mass is 10.1. The maximum absolute atomic E-state index is 12.7. The Hall–Kier alpha value is -2.99. The molecule has 6 nitrogen and oxygen atoms in total. The summed E-state index contributed by atoms with van der Waals surface area (Å²) in [6.07, 6.45) is 5.31. The lowest BCUT2D eigenvalue weighted by Gasteiger charge is -2.22. The number of carbonyl (C=O) groups excluding carboxylic acids is 1. The number of nitrogens with zero attached hydrogens (tertiary/aromatic N) is 3. The molecule has 2 aromatic rings. The topological polar surface area (TPSA) is 73.4 Å². The summed E-state index contributed by atoms with van der Waals surface area (Å²) in [4.78, 5) is 18.4. The molecule has 1 aromatic heterocycles. The molecule has 0 aliphatic heterocycles. The van der Waals surface area contributed by atoms with Gasteiger partial charge in [0, 0.05) is 12.7 Å². The van der Waals surface area contributed by atoms with Crippen molar-refractivity contribution >= 4 is 18.2 Å². The third-order valence-electron chi connectivity index (χ3n) is 3.85. The first kappa shape index (κ1) is 19.3. The normalized spacial score (nSPS) is 13.2. The molecule has 26 heavy (non-hydrogen) atoms. The molecule has 0 saturated heterocycles. The van der Waals surface area contributed by atoms with Crippen LogP contribution in [-0.2, 0) is 0 Å². The Morgan fingerprint density at radius 3 is 2.73 bits per heavy atom. The molecule has 1 atom stereocenters. The van der Waals surface area contributed by atoms with Crippen molar-refractivity contribution in [2.24, 2.45) is 4.99 Å². The van der Waals surface area contributed by atoms with E-state index < -0.39 is 0 Å². The fourth-order valence-electron chi connectivity index (χ4n) is 2.58. The van der Waals surface area contributed by atoms with Crippen LogP contribution in [-0.4, -0.2) is 48.4 Å². The van der Waals surface area contributed by atoms with Crippen LogP contribution in [0.25, 0.3) is 5.57 Å². The van der Waals surface area contributed by atoms with E-state index in [0.717, 1.165) is 16.8 Å². The number of nitrogens with one attached hydrogen (secondary N) is 2. The van der Waals surface area contributed by atoms with Gasteiger partial charge in [-0.25, -0.2) is 0 Å². The standard InChI is InChI=1S/C20H25N5O/c1-5-15(11-12-21-2)17-13-18(24-23-17)20(26)22-19(14-25(3)4)16-9-7-6-8-10-16/h5-13,19H,2,14H2,1,3-4H3,(H,22,26)(H,23,24)/b12-11-,15-5+. The van der Waals surface area contributed by atoms with Crippen LogP contribution in [0.2, 0.25) is 0 Å². The van der Waals surface area contributed by atoms with Gasteiger partial charge in [-0.2, -0.15) is 5.10 Å². The number of rotatable bonds is 8. The number of hydrogen-bond donors (Lipinski definition) is 2. The molecule has 1 unspecified atom stereocenters. The summed E-state index contributed by atoms with van der Waals surface area (Å²) >= 11 is 0. The first-order valence-corrected chi connectivity index (χ1v) is 8.40. The molecule has 0 fully saturated rings. The maximum atomic E-state index is 12.7. The van der Waals surface area contributed by atoms with E-state index >= 15 is 0 Å². The monoisotopic (exact) mass is 351 g/mol. The van der Waals surface area contributed by atoms with Gasteiger partial charge in [0.2, 0.25) is 0 Å². The van der Waals surface area contributed by atoms with E-state index in [9.17, 15) is 4.79 Å². The second-order valence-electron chi connectivity index (χ2n) is 6.11. The van der Waals surface area contributed by atoms with Crippen LogP contribution in [0.15, 0.2) is 59.7 Å².